The molecule has 0 radical (unpaired) electrons. The van der Waals surface area contributed by atoms with Crippen molar-refractivity contribution in [2.24, 2.45) is 0 Å². The molecule has 0 bridgehead atoms. The summed E-state index contributed by atoms with van der Waals surface area (Å²) in [6.45, 7) is 0. The molecule has 3 aromatic carbocycles. The Bertz CT molecular complexity index is 932. The van der Waals surface area contributed by atoms with Crippen LogP contribution in [0.4, 0.5) is 27.5 Å². The van der Waals surface area contributed by atoms with Crippen molar-refractivity contribution >= 4 is 57.7 Å². The van der Waals surface area contributed by atoms with E-state index >= 15 is 0 Å². The highest BCUT2D eigenvalue weighted by molar-refractivity contribution is 7.80. The van der Waals surface area contributed by atoms with Crippen molar-refractivity contribution in [1.82, 2.24) is 0 Å². The van der Waals surface area contributed by atoms with E-state index in [1.165, 1.54) is 0 Å². The first-order chi connectivity index (χ1) is 13.1. The molecular formula is C20H17ClN4OS. The van der Waals surface area contributed by atoms with E-state index in [2.05, 4.69) is 21.3 Å². The number of halogens is 1. The quantitative estimate of drug-likeness (QED) is 0.421. The van der Waals surface area contributed by atoms with Gasteiger partial charge in [0, 0.05) is 16.4 Å². The number of hydrogen-bond acceptors (Lipinski definition) is 2. The van der Waals surface area contributed by atoms with E-state index in [4.69, 9.17) is 23.8 Å². The minimum absolute atomic E-state index is 0.341. The van der Waals surface area contributed by atoms with Crippen LogP contribution < -0.4 is 21.3 Å². The van der Waals surface area contributed by atoms with Gasteiger partial charge in [-0.25, -0.2) is 4.79 Å². The van der Waals surface area contributed by atoms with Gasteiger partial charge in [-0.15, -0.1) is 0 Å². The first kappa shape index (κ1) is 18.7. The standard InChI is InChI=1S/C20H17ClN4OS/c21-14-10-12-16(13-11-14)23-20(27)25-18-9-5-4-8-17(18)24-19(26)22-15-6-2-1-3-7-15/h1-13H,(H2,22,24,26)(H2,23,25,27). The van der Waals surface area contributed by atoms with Crippen LogP contribution in [-0.2, 0) is 0 Å². The van der Waals surface area contributed by atoms with Gasteiger partial charge < -0.3 is 21.3 Å². The Morgan fingerprint density at radius 1 is 0.667 bits per heavy atom. The third kappa shape index (κ3) is 5.70. The zero-order chi connectivity index (χ0) is 19.1. The Balaban J connectivity index is 1.63. The molecule has 0 aliphatic rings. The van der Waals surface area contributed by atoms with Crippen LogP contribution in [0.5, 0.6) is 0 Å². The van der Waals surface area contributed by atoms with Crippen LogP contribution in [0.1, 0.15) is 0 Å². The summed E-state index contributed by atoms with van der Waals surface area (Å²) in [7, 11) is 0. The van der Waals surface area contributed by atoms with E-state index in [0.29, 0.717) is 27.2 Å². The number of urea groups is 1. The molecule has 0 aromatic heterocycles. The number of carbonyl (C=O) groups excluding carboxylic acids is 1. The van der Waals surface area contributed by atoms with Crippen LogP contribution in [0.25, 0.3) is 0 Å². The normalized spacial score (nSPS) is 9.96. The number of benzene rings is 3. The van der Waals surface area contributed by atoms with E-state index in [0.717, 1.165) is 5.69 Å². The van der Waals surface area contributed by atoms with Crippen LogP contribution >= 0.6 is 23.8 Å². The summed E-state index contributed by atoms with van der Waals surface area (Å²) in [6.07, 6.45) is 0. The van der Waals surface area contributed by atoms with Gasteiger partial charge in [0.1, 0.15) is 0 Å². The van der Waals surface area contributed by atoms with Gasteiger partial charge in [-0.2, -0.15) is 0 Å². The van der Waals surface area contributed by atoms with Crippen molar-refractivity contribution in [1.29, 1.82) is 0 Å². The van der Waals surface area contributed by atoms with E-state index in [1.807, 2.05) is 60.7 Å². The molecule has 0 fully saturated rings. The lowest BCUT2D eigenvalue weighted by Gasteiger charge is -2.15. The molecule has 0 atom stereocenters. The average Bonchev–Trinajstić information content (AvgIpc) is 2.66. The van der Waals surface area contributed by atoms with E-state index in [9.17, 15) is 4.79 Å². The molecule has 0 heterocycles. The average molecular weight is 397 g/mol. The Hall–Kier alpha value is -3.09. The molecule has 0 saturated carbocycles. The summed E-state index contributed by atoms with van der Waals surface area (Å²) < 4.78 is 0. The molecule has 0 spiro atoms. The van der Waals surface area contributed by atoms with Crippen molar-refractivity contribution in [3.63, 3.8) is 0 Å². The molecule has 0 unspecified atom stereocenters. The molecule has 4 N–H and O–H groups in total. The number of amides is 2. The van der Waals surface area contributed by atoms with Gasteiger partial charge in [-0.05, 0) is 60.7 Å². The SMILES string of the molecule is O=C(Nc1ccccc1)Nc1ccccc1NC(=S)Nc1ccc(Cl)cc1. The third-order valence-corrected chi connectivity index (χ3v) is 4.01. The molecule has 0 saturated heterocycles. The first-order valence-electron chi connectivity index (χ1n) is 8.16. The van der Waals surface area contributed by atoms with Crippen molar-refractivity contribution in [3.8, 4) is 0 Å². The zero-order valence-corrected chi connectivity index (χ0v) is 15.8. The highest BCUT2D eigenvalue weighted by atomic mass is 35.5. The first-order valence-corrected chi connectivity index (χ1v) is 8.94. The Kier molecular flexibility index (Phi) is 6.25. The fourth-order valence-corrected chi connectivity index (χ4v) is 2.68. The summed E-state index contributed by atoms with van der Waals surface area (Å²) in [5, 5.41) is 12.8. The van der Waals surface area contributed by atoms with Gasteiger partial charge in [-0.3, -0.25) is 0 Å². The number of para-hydroxylation sites is 3. The van der Waals surface area contributed by atoms with E-state index in [-0.39, 0.29) is 6.03 Å². The fourth-order valence-electron chi connectivity index (χ4n) is 2.33. The van der Waals surface area contributed by atoms with Crippen LogP contribution in [0.15, 0.2) is 78.9 Å². The van der Waals surface area contributed by atoms with E-state index in [1.54, 1.807) is 18.2 Å². The molecule has 5 nitrogen and oxygen atoms in total. The van der Waals surface area contributed by atoms with Gasteiger partial charge in [0.2, 0.25) is 0 Å². The largest absolute Gasteiger partial charge is 0.332 e. The minimum atomic E-state index is -0.341. The Labute approximate surface area is 167 Å². The summed E-state index contributed by atoms with van der Waals surface area (Å²) in [6, 6.07) is 23.4. The maximum atomic E-state index is 12.2. The second-order valence-corrected chi connectivity index (χ2v) is 6.42. The van der Waals surface area contributed by atoms with Crippen LogP contribution in [-0.4, -0.2) is 11.1 Å². The molecule has 0 aliphatic heterocycles. The molecule has 7 heteroatoms. The van der Waals surface area contributed by atoms with Crippen molar-refractivity contribution in [2.45, 2.75) is 0 Å². The second kappa shape index (κ2) is 9.02. The van der Waals surface area contributed by atoms with E-state index < -0.39 is 0 Å². The van der Waals surface area contributed by atoms with Crippen molar-refractivity contribution in [3.05, 3.63) is 83.9 Å². The summed E-state index contributed by atoms with van der Waals surface area (Å²) in [4.78, 5) is 12.2. The zero-order valence-electron chi connectivity index (χ0n) is 14.2. The number of thiocarbonyl (C=S) groups is 1. The minimum Gasteiger partial charge on any atom is -0.332 e. The molecule has 27 heavy (non-hydrogen) atoms. The maximum absolute atomic E-state index is 12.2. The molecule has 0 aliphatic carbocycles. The highest BCUT2D eigenvalue weighted by Crippen LogP contribution is 2.22. The highest BCUT2D eigenvalue weighted by Gasteiger charge is 2.08. The Morgan fingerprint density at radius 3 is 1.89 bits per heavy atom. The topological polar surface area (TPSA) is 65.2 Å². The lowest BCUT2D eigenvalue weighted by Crippen LogP contribution is -2.23. The summed E-state index contributed by atoms with van der Waals surface area (Å²) in [5.41, 5.74) is 2.79. The molecular weight excluding hydrogens is 380 g/mol. The van der Waals surface area contributed by atoms with Crippen molar-refractivity contribution < 1.29 is 4.79 Å². The molecule has 2 amide bonds. The van der Waals surface area contributed by atoms with Gasteiger partial charge in [-0.1, -0.05) is 41.9 Å². The van der Waals surface area contributed by atoms with Crippen molar-refractivity contribution in [2.75, 3.05) is 21.3 Å². The maximum Gasteiger partial charge on any atom is 0.323 e. The number of rotatable bonds is 4. The summed E-state index contributed by atoms with van der Waals surface area (Å²) in [5.74, 6) is 0. The van der Waals surface area contributed by atoms with Crippen LogP contribution in [0, 0.1) is 0 Å². The number of nitrogens with one attached hydrogen (secondary N) is 4. The molecule has 3 aromatic rings. The monoisotopic (exact) mass is 396 g/mol. The van der Waals surface area contributed by atoms with Gasteiger partial charge in [0.05, 0.1) is 11.4 Å². The predicted octanol–water partition coefficient (Wildman–Crippen LogP) is 5.79. The predicted molar refractivity (Wildman–Crippen MR) is 117 cm³/mol. The number of hydrogen-bond donors (Lipinski definition) is 4. The molecule has 3 rings (SSSR count). The van der Waals surface area contributed by atoms with Gasteiger partial charge in [0.15, 0.2) is 5.11 Å². The fraction of sp³-hybridized carbons (Fsp3) is 0. The number of carbonyl (C=O) groups is 1. The lowest BCUT2D eigenvalue weighted by molar-refractivity contribution is 0.262. The summed E-state index contributed by atoms with van der Waals surface area (Å²) >= 11 is 11.2. The third-order valence-electron chi connectivity index (χ3n) is 3.56. The smallest absolute Gasteiger partial charge is 0.323 e. The lowest BCUT2D eigenvalue weighted by atomic mass is 10.2. The van der Waals surface area contributed by atoms with Gasteiger partial charge in [0.25, 0.3) is 0 Å². The molecule has 136 valence electrons. The number of anilines is 4. The second-order valence-electron chi connectivity index (χ2n) is 5.58. The van der Waals surface area contributed by atoms with Crippen LogP contribution in [0.3, 0.4) is 0 Å². The Morgan fingerprint density at radius 2 is 1.22 bits per heavy atom. The van der Waals surface area contributed by atoms with Crippen LogP contribution in [0.2, 0.25) is 5.02 Å². The van der Waals surface area contributed by atoms with Gasteiger partial charge >= 0.3 is 6.03 Å².